The highest BCUT2D eigenvalue weighted by molar-refractivity contribution is 6.31. The third-order valence-corrected chi connectivity index (χ3v) is 5.17. The number of nitrogens with one attached hydrogen (secondary N) is 3. The molecule has 0 radical (unpaired) electrons. The highest BCUT2D eigenvalue weighted by Crippen LogP contribution is 2.34. The van der Waals surface area contributed by atoms with Gasteiger partial charge in [0.1, 0.15) is 0 Å². The van der Waals surface area contributed by atoms with Gasteiger partial charge in [-0.15, -0.1) is 0 Å². The van der Waals surface area contributed by atoms with Gasteiger partial charge >= 0.3 is 6.03 Å². The molecule has 3 amide bonds. The van der Waals surface area contributed by atoms with Gasteiger partial charge in [-0.2, -0.15) is 0 Å². The lowest BCUT2D eigenvalue weighted by Gasteiger charge is -2.29. The molecule has 7 nitrogen and oxygen atoms in total. The Morgan fingerprint density at radius 1 is 1.17 bits per heavy atom. The van der Waals surface area contributed by atoms with Crippen molar-refractivity contribution < 1.29 is 19.1 Å². The Labute approximate surface area is 180 Å². The number of carbonyl (C=O) groups excluding carboxylic acids is 2. The second-order valence-corrected chi connectivity index (χ2v) is 7.24. The highest BCUT2D eigenvalue weighted by Gasteiger charge is 2.32. The molecular weight excluding hydrogens is 406 g/mol. The number of halogens is 1. The van der Waals surface area contributed by atoms with E-state index in [0.29, 0.717) is 45.6 Å². The summed E-state index contributed by atoms with van der Waals surface area (Å²) in [5.74, 6) is 0.757. The molecule has 0 fully saturated rings. The first kappa shape index (κ1) is 21.5. The number of aryl methyl sites for hydroxylation is 1. The van der Waals surface area contributed by atoms with Crippen LogP contribution in [-0.4, -0.2) is 25.7 Å². The van der Waals surface area contributed by atoms with E-state index in [2.05, 4.69) is 16.0 Å². The van der Waals surface area contributed by atoms with Gasteiger partial charge in [-0.3, -0.25) is 4.79 Å². The quantitative estimate of drug-likeness (QED) is 0.638. The molecule has 1 atom stereocenters. The topological polar surface area (TPSA) is 88.7 Å². The van der Waals surface area contributed by atoms with E-state index in [4.69, 9.17) is 21.1 Å². The summed E-state index contributed by atoms with van der Waals surface area (Å²) in [7, 11) is 1.54. The maximum absolute atomic E-state index is 13.1. The fourth-order valence-electron chi connectivity index (χ4n) is 3.25. The molecule has 3 N–H and O–H groups in total. The van der Waals surface area contributed by atoms with Crippen LogP contribution in [-0.2, 0) is 4.79 Å². The molecule has 0 aliphatic carbocycles. The van der Waals surface area contributed by atoms with Crippen LogP contribution >= 0.6 is 11.6 Å². The molecule has 2 aromatic rings. The van der Waals surface area contributed by atoms with Crippen molar-refractivity contribution in [3.8, 4) is 11.5 Å². The fraction of sp³-hybridized carbons (Fsp3) is 0.273. The fourth-order valence-corrected chi connectivity index (χ4v) is 3.43. The van der Waals surface area contributed by atoms with Crippen LogP contribution in [0.15, 0.2) is 47.7 Å². The Balaban J connectivity index is 1.96. The number of urea groups is 1. The van der Waals surface area contributed by atoms with E-state index in [1.807, 2.05) is 19.9 Å². The molecule has 0 bridgehead atoms. The normalized spacial score (nSPS) is 15.9. The Hall–Kier alpha value is -3.19. The molecule has 2 aromatic carbocycles. The number of rotatable bonds is 6. The number of ether oxygens (including phenoxy) is 2. The van der Waals surface area contributed by atoms with E-state index in [0.717, 1.165) is 5.56 Å². The van der Waals surface area contributed by atoms with Crippen molar-refractivity contribution in [3.63, 3.8) is 0 Å². The van der Waals surface area contributed by atoms with E-state index in [1.54, 1.807) is 44.4 Å². The number of hydrogen-bond donors (Lipinski definition) is 3. The van der Waals surface area contributed by atoms with Gasteiger partial charge in [0.2, 0.25) is 0 Å². The van der Waals surface area contributed by atoms with Crippen molar-refractivity contribution in [2.45, 2.75) is 26.8 Å². The lowest BCUT2D eigenvalue weighted by Crippen LogP contribution is -2.46. The predicted molar refractivity (Wildman–Crippen MR) is 116 cm³/mol. The third kappa shape index (κ3) is 4.52. The molecule has 0 unspecified atom stereocenters. The van der Waals surface area contributed by atoms with Gasteiger partial charge in [0.05, 0.1) is 25.3 Å². The number of amides is 3. The Morgan fingerprint density at radius 3 is 2.60 bits per heavy atom. The van der Waals surface area contributed by atoms with Gasteiger partial charge in [-0.25, -0.2) is 4.79 Å². The monoisotopic (exact) mass is 429 g/mol. The first-order valence-corrected chi connectivity index (χ1v) is 9.88. The second kappa shape index (κ2) is 9.09. The predicted octanol–water partition coefficient (Wildman–Crippen LogP) is 4.32. The van der Waals surface area contributed by atoms with Crippen molar-refractivity contribution in [2.75, 3.05) is 19.0 Å². The summed E-state index contributed by atoms with van der Waals surface area (Å²) in [5.41, 5.74) is 3.02. The number of methoxy groups -OCH3 is 1. The lowest BCUT2D eigenvalue weighted by atomic mass is 9.94. The van der Waals surface area contributed by atoms with Crippen LogP contribution in [0.5, 0.6) is 11.5 Å². The zero-order valence-electron chi connectivity index (χ0n) is 17.3. The molecule has 1 aliphatic rings. The van der Waals surface area contributed by atoms with E-state index >= 15 is 0 Å². The summed E-state index contributed by atoms with van der Waals surface area (Å²) in [5, 5.41) is 8.89. The number of carbonyl (C=O) groups is 2. The summed E-state index contributed by atoms with van der Waals surface area (Å²) in [6, 6.07) is 9.56. The zero-order chi connectivity index (χ0) is 21.8. The van der Waals surface area contributed by atoms with Crippen LogP contribution in [0.25, 0.3) is 0 Å². The van der Waals surface area contributed by atoms with Gasteiger partial charge in [0.15, 0.2) is 11.5 Å². The van der Waals surface area contributed by atoms with Gasteiger partial charge < -0.3 is 25.4 Å². The van der Waals surface area contributed by atoms with Crippen LogP contribution in [0.2, 0.25) is 5.02 Å². The van der Waals surface area contributed by atoms with Crippen LogP contribution in [0, 0.1) is 6.92 Å². The number of allylic oxidation sites excluding steroid dienone is 1. The van der Waals surface area contributed by atoms with Crippen molar-refractivity contribution in [2.24, 2.45) is 0 Å². The minimum atomic E-state index is -0.663. The molecule has 3 rings (SSSR count). The Kier molecular flexibility index (Phi) is 6.52. The molecule has 0 aromatic heterocycles. The first-order valence-electron chi connectivity index (χ1n) is 9.50. The zero-order valence-corrected chi connectivity index (χ0v) is 18.0. The van der Waals surface area contributed by atoms with Gasteiger partial charge in [0, 0.05) is 16.4 Å². The van der Waals surface area contributed by atoms with Gasteiger partial charge in [-0.1, -0.05) is 23.7 Å². The van der Waals surface area contributed by atoms with Crippen LogP contribution in [0.4, 0.5) is 10.5 Å². The molecule has 158 valence electrons. The van der Waals surface area contributed by atoms with Crippen LogP contribution in [0.3, 0.4) is 0 Å². The summed E-state index contributed by atoms with van der Waals surface area (Å²) in [4.78, 5) is 25.3. The van der Waals surface area contributed by atoms with E-state index in [-0.39, 0.29) is 11.9 Å². The molecule has 1 heterocycles. The Morgan fingerprint density at radius 2 is 1.93 bits per heavy atom. The largest absolute Gasteiger partial charge is 0.493 e. The molecule has 8 heteroatoms. The summed E-state index contributed by atoms with van der Waals surface area (Å²) < 4.78 is 11.0. The number of benzene rings is 2. The maximum Gasteiger partial charge on any atom is 0.319 e. The average Bonchev–Trinajstić information content (AvgIpc) is 2.70. The van der Waals surface area contributed by atoms with Crippen LogP contribution < -0.4 is 25.4 Å². The van der Waals surface area contributed by atoms with E-state index < -0.39 is 6.04 Å². The van der Waals surface area contributed by atoms with Crippen molar-refractivity contribution in [3.05, 3.63) is 63.8 Å². The van der Waals surface area contributed by atoms with Crippen molar-refractivity contribution >= 4 is 29.2 Å². The summed E-state index contributed by atoms with van der Waals surface area (Å²) >= 11 is 6.17. The Bertz CT molecular complexity index is 1020. The minimum Gasteiger partial charge on any atom is -0.493 e. The molecule has 30 heavy (non-hydrogen) atoms. The SMILES string of the molecule is CCOc1ccc([C@@H]2NC(=O)NC(C)=C2C(=O)Nc2ccc(C)c(Cl)c2)cc1OC. The molecule has 1 aliphatic heterocycles. The smallest absolute Gasteiger partial charge is 0.319 e. The maximum atomic E-state index is 13.1. The summed E-state index contributed by atoms with van der Waals surface area (Å²) in [6.45, 7) is 5.95. The van der Waals surface area contributed by atoms with Gasteiger partial charge in [0.25, 0.3) is 5.91 Å². The standard InChI is InChI=1S/C22H24ClN3O4/c1-5-30-17-9-7-14(10-18(17)29-4)20-19(13(3)24-22(28)26-20)21(27)25-15-8-6-12(2)16(23)11-15/h6-11,20H,5H2,1-4H3,(H,25,27)(H2,24,26,28)/t20-/m0/s1. The lowest BCUT2D eigenvalue weighted by molar-refractivity contribution is -0.113. The van der Waals surface area contributed by atoms with Crippen LogP contribution in [0.1, 0.15) is 31.0 Å². The average molecular weight is 430 g/mol. The number of anilines is 1. The van der Waals surface area contributed by atoms with Gasteiger partial charge in [-0.05, 0) is 56.2 Å². The molecule has 0 saturated carbocycles. The summed E-state index contributed by atoms with van der Waals surface area (Å²) in [6.07, 6.45) is 0. The highest BCUT2D eigenvalue weighted by atomic mass is 35.5. The minimum absolute atomic E-state index is 0.349. The van der Waals surface area contributed by atoms with E-state index in [9.17, 15) is 9.59 Å². The van der Waals surface area contributed by atoms with E-state index in [1.165, 1.54) is 0 Å². The molecular formula is C22H24ClN3O4. The molecule has 0 saturated heterocycles. The van der Waals surface area contributed by atoms with Crippen molar-refractivity contribution in [1.29, 1.82) is 0 Å². The second-order valence-electron chi connectivity index (χ2n) is 6.83. The molecule has 0 spiro atoms. The third-order valence-electron chi connectivity index (χ3n) is 4.76. The number of hydrogen-bond acceptors (Lipinski definition) is 4. The van der Waals surface area contributed by atoms with Crippen molar-refractivity contribution in [1.82, 2.24) is 10.6 Å². The first-order chi connectivity index (χ1) is 14.3.